The predicted molar refractivity (Wildman–Crippen MR) is 128 cm³/mol. The number of benzene rings is 1. The van der Waals surface area contributed by atoms with E-state index in [0.717, 1.165) is 38.5 Å². The van der Waals surface area contributed by atoms with Crippen LogP contribution >= 0.6 is 0 Å². The Kier molecular flexibility index (Phi) is 8.56. The van der Waals surface area contributed by atoms with Gasteiger partial charge in [-0.2, -0.15) is 0 Å². The number of hydrogen-bond donors (Lipinski definition) is 0. The molecule has 35 heavy (non-hydrogen) atoms. The zero-order valence-corrected chi connectivity index (χ0v) is 21.0. The lowest BCUT2D eigenvalue weighted by molar-refractivity contribution is -0.136. The van der Waals surface area contributed by atoms with Crippen LogP contribution in [0.1, 0.15) is 49.8 Å². The number of carbonyl (C=O) groups excluding carboxylic acids is 1. The monoisotopic (exact) mass is 507 g/mol. The van der Waals surface area contributed by atoms with E-state index >= 15 is 0 Å². The first-order valence-electron chi connectivity index (χ1n) is 12.3. The van der Waals surface area contributed by atoms with Crippen molar-refractivity contribution in [3.8, 4) is 0 Å². The third kappa shape index (κ3) is 6.29. The summed E-state index contributed by atoms with van der Waals surface area (Å²) in [7, 11) is -2.36. The number of methoxy groups -OCH3 is 1. The van der Waals surface area contributed by atoms with Gasteiger partial charge in [-0.25, -0.2) is 17.8 Å². The molecule has 1 aliphatic carbocycles. The zero-order chi connectivity index (χ0) is 24.8. The molecule has 1 atom stereocenters. The van der Waals surface area contributed by atoms with Crippen molar-refractivity contribution in [1.82, 2.24) is 14.5 Å². The molecule has 2 aromatic rings. The van der Waals surface area contributed by atoms with Gasteiger partial charge in [-0.05, 0) is 31.7 Å². The van der Waals surface area contributed by atoms with Crippen molar-refractivity contribution in [1.29, 1.82) is 0 Å². The summed E-state index contributed by atoms with van der Waals surface area (Å²) in [6.07, 6.45) is 6.95. The number of nitrogens with zero attached hydrogens (tertiary/aromatic N) is 3. The van der Waals surface area contributed by atoms with Crippen LogP contribution in [0.4, 0.5) is 4.39 Å². The summed E-state index contributed by atoms with van der Waals surface area (Å²) in [6, 6.07) is 5.85. The number of sulfone groups is 1. The van der Waals surface area contributed by atoms with E-state index in [-0.39, 0.29) is 35.2 Å². The molecule has 8 nitrogen and oxygen atoms in total. The summed E-state index contributed by atoms with van der Waals surface area (Å²) in [4.78, 5) is 19.3. The molecule has 0 bridgehead atoms. The molecule has 0 N–H and O–H groups in total. The number of hydrogen-bond acceptors (Lipinski definition) is 6. The molecule has 1 aliphatic heterocycles. The number of halogens is 1. The molecule has 0 unspecified atom stereocenters. The average molecular weight is 508 g/mol. The van der Waals surface area contributed by atoms with Crippen LogP contribution in [-0.4, -0.2) is 61.7 Å². The van der Waals surface area contributed by atoms with Crippen molar-refractivity contribution in [2.75, 3.05) is 26.9 Å². The number of aromatic nitrogens is 2. The Bertz CT molecular complexity index is 1110. The molecule has 2 heterocycles. The smallest absolute Gasteiger partial charge is 0.228 e. The van der Waals surface area contributed by atoms with Crippen LogP contribution < -0.4 is 0 Å². The third-order valence-electron chi connectivity index (χ3n) is 6.83. The van der Waals surface area contributed by atoms with E-state index in [0.29, 0.717) is 32.0 Å². The van der Waals surface area contributed by atoms with Gasteiger partial charge in [0, 0.05) is 31.7 Å². The van der Waals surface area contributed by atoms with Crippen molar-refractivity contribution in [2.24, 2.45) is 5.92 Å². The summed E-state index contributed by atoms with van der Waals surface area (Å²) in [5, 5.41) is -0.119. The Morgan fingerprint density at radius 1 is 1.23 bits per heavy atom. The van der Waals surface area contributed by atoms with Crippen LogP contribution in [0.5, 0.6) is 0 Å². The fraction of sp³-hybridized carbons (Fsp3) is 0.600. The Morgan fingerprint density at radius 2 is 2.00 bits per heavy atom. The van der Waals surface area contributed by atoms with E-state index in [1.807, 2.05) is 0 Å². The van der Waals surface area contributed by atoms with Gasteiger partial charge < -0.3 is 18.9 Å². The number of imidazole rings is 1. The van der Waals surface area contributed by atoms with Gasteiger partial charge >= 0.3 is 0 Å². The lowest BCUT2D eigenvalue weighted by Gasteiger charge is -2.26. The topological polar surface area (TPSA) is 90.7 Å². The predicted octanol–water partition coefficient (Wildman–Crippen LogP) is 3.34. The van der Waals surface area contributed by atoms with E-state index < -0.39 is 21.4 Å². The molecule has 1 saturated heterocycles. The van der Waals surface area contributed by atoms with Gasteiger partial charge in [0.2, 0.25) is 20.9 Å². The molecular weight excluding hydrogens is 473 g/mol. The molecule has 1 aromatic carbocycles. The third-order valence-corrected chi connectivity index (χ3v) is 8.40. The van der Waals surface area contributed by atoms with Crippen LogP contribution in [0.2, 0.25) is 0 Å². The maximum Gasteiger partial charge on any atom is 0.228 e. The SMILES string of the molecule is COCCN(Cc1cnc(S(=O)(=O)Cc2ccccc2F)n1C[C@H]1CCCO1)C(=O)C1CCCC1. The summed E-state index contributed by atoms with van der Waals surface area (Å²) >= 11 is 0. The highest BCUT2D eigenvalue weighted by Crippen LogP contribution is 2.28. The van der Waals surface area contributed by atoms with Crippen molar-refractivity contribution < 1.29 is 27.1 Å². The van der Waals surface area contributed by atoms with Crippen LogP contribution in [0.3, 0.4) is 0 Å². The van der Waals surface area contributed by atoms with Gasteiger partial charge in [-0.1, -0.05) is 31.0 Å². The zero-order valence-electron chi connectivity index (χ0n) is 20.2. The van der Waals surface area contributed by atoms with E-state index in [9.17, 15) is 17.6 Å². The van der Waals surface area contributed by atoms with Gasteiger partial charge in [0.25, 0.3) is 0 Å². The van der Waals surface area contributed by atoms with Crippen molar-refractivity contribution >= 4 is 15.7 Å². The van der Waals surface area contributed by atoms with Crippen LogP contribution in [0.15, 0.2) is 35.6 Å². The second-order valence-corrected chi connectivity index (χ2v) is 11.2. The van der Waals surface area contributed by atoms with Crippen molar-refractivity contribution in [2.45, 2.75) is 68.6 Å². The summed E-state index contributed by atoms with van der Waals surface area (Å²) in [5.41, 5.74) is 0.717. The molecular formula is C25H34FN3O5S. The van der Waals surface area contributed by atoms with Crippen molar-refractivity contribution in [3.63, 3.8) is 0 Å². The lowest BCUT2D eigenvalue weighted by Crippen LogP contribution is -2.38. The van der Waals surface area contributed by atoms with Gasteiger partial charge in [0.05, 0.1) is 43.4 Å². The minimum Gasteiger partial charge on any atom is -0.383 e. The summed E-state index contributed by atoms with van der Waals surface area (Å²) in [6.45, 7) is 1.97. The maximum atomic E-state index is 14.2. The number of carbonyl (C=O) groups is 1. The van der Waals surface area contributed by atoms with Crippen LogP contribution in [0.25, 0.3) is 0 Å². The van der Waals surface area contributed by atoms with Crippen LogP contribution in [-0.2, 0) is 42.9 Å². The Morgan fingerprint density at radius 3 is 2.69 bits per heavy atom. The minimum atomic E-state index is -3.95. The molecule has 10 heteroatoms. The first kappa shape index (κ1) is 25.8. The second-order valence-electron chi connectivity index (χ2n) is 9.36. The number of amides is 1. The Labute approximate surface area is 206 Å². The van der Waals surface area contributed by atoms with Gasteiger partial charge in [-0.3, -0.25) is 4.79 Å². The Hall–Kier alpha value is -2.30. The summed E-state index contributed by atoms with van der Waals surface area (Å²) in [5.74, 6) is -0.997. The molecule has 1 amide bonds. The first-order chi connectivity index (χ1) is 16.9. The quantitative estimate of drug-likeness (QED) is 0.463. The number of ether oxygens (including phenoxy) is 2. The highest BCUT2D eigenvalue weighted by Gasteiger charge is 2.31. The highest BCUT2D eigenvalue weighted by molar-refractivity contribution is 7.90. The fourth-order valence-corrected chi connectivity index (χ4v) is 6.45. The van der Waals surface area contributed by atoms with E-state index in [2.05, 4.69) is 4.98 Å². The fourth-order valence-electron chi connectivity index (χ4n) is 4.93. The van der Waals surface area contributed by atoms with Gasteiger partial charge in [0.1, 0.15) is 5.82 Å². The van der Waals surface area contributed by atoms with Crippen LogP contribution in [0, 0.1) is 11.7 Å². The molecule has 4 rings (SSSR count). The largest absolute Gasteiger partial charge is 0.383 e. The standard InChI is InChI=1S/C25H34FN3O5S/c1-33-14-12-28(24(30)19-7-2-3-8-19)16-21-15-27-25(29(21)17-22-10-6-13-34-22)35(31,32)18-20-9-4-5-11-23(20)26/h4-5,9,11,15,19,22H,2-3,6-8,10,12-14,16-18H2,1H3/t22-/m1/s1. The first-order valence-corrected chi connectivity index (χ1v) is 13.9. The number of rotatable bonds is 11. The lowest BCUT2D eigenvalue weighted by atomic mass is 10.1. The van der Waals surface area contributed by atoms with Gasteiger partial charge in [-0.15, -0.1) is 0 Å². The molecule has 192 valence electrons. The van der Waals surface area contributed by atoms with E-state index in [4.69, 9.17) is 9.47 Å². The average Bonchev–Trinajstić information content (AvgIpc) is 3.61. The molecule has 1 aromatic heterocycles. The van der Waals surface area contributed by atoms with E-state index in [1.54, 1.807) is 22.6 Å². The maximum absolute atomic E-state index is 14.2. The molecule has 2 fully saturated rings. The van der Waals surface area contributed by atoms with E-state index in [1.165, 1.54) is 24.4 Å². The highest BCUT2D eigenvalue weighted by atomic mass is 32.2. The van der Waals surface area contributed by atoms with Crippen molar-refractivity contribution in [3.05, 3.63) is 47.5 Å². The summed E-state index contributed by atoms with van der Waals surface area (Å²) < 4.78 is 53.6. The van der Waals surface area contributed by atoms with Gasteiger partial charge in [0.15, 0.2) is 0 Å². The molecule has 1 saturated carbocycles. The second kappa shape index (κ2) is 11.6. The Balaban J connectivity index is 1.64. The normalized spacial score (nSPS) is 18.9. The minimum absolute atomic E-state index is 0.00866. The molecule has 0 radical (unpaired) electrons. The molecule has 2 aliphatic rings. The molecule has 0 spiro atoms.